The molecule has 1 amide bonds. The zero-order valence-corrected chi connectivity index (χ0v) is 12.5. The number of fused-ring (bicyclic) bond motifs is 1. The van der Waals surface area contributed by atoms with Gasteiger partial charge >= 0.3 is 0 Å². The summed E-state index contributed by atoms with van der Waals surface area (Å²) >= 11 is 3.47. The highest BCUT2D eigenvalue weighted by molar-refractivity contribution is 9.10. The van der Waals surface area contributed by atoms with E-state index in [0.717, 1.165) is 33.3 Å². The first kappa shape index (κ1) is 13.3. The Morgan fingerprint density at radius 3 is 2.70 bits per heavy atom. The van der Waals surface area contributed by atoms with Crippen LogP contribution in [0.2, 0.25) is 0 Å². The zero-order chi connectivity index (χ0) is 14.1. The minimum Gasteiger partial charge on any atom is -0.326 e. The maximum absolute atomic E-state index is 11.4. The molecule has 102 valence electrons. The van der Waals surface area contributed by atoms with E-state index in [1.165, 1.54) is 0 Å². The number of anilines is 1. The summed E-state index contributed by atoms with van der Waals surface area (Å²) in [5.41, 5.74) is 10.5. The minimum atomic E-state index is -0.157. The molecule has 0 saturated carbocycles. The molecule has 0 radical (unpaired) electrons. The van der Waals surface area contributed by atoms with Crippen LogP contribution in [-0.2, 0) is 11.2 Å². The molecule has 3 N–H and O–H groups in total. The molecule has 20 heavy (non-hydrogen) atoms. The highest BCUT2D eigenvalue weighted by atomic mass is 79.9. The molecule has 1 aliphatic rings. The van der Waals surface area contributed by atoms with Crippen LogP contribution < -0.4 is 11.1 Å². The molecule has 0 spiro atoms. The molecule has 1 heterocycles. The first-order chi connectivity index (χ1) is 9.63. The van der Waals surface area contributed by atoms with E-state index in [0.29, 0.717) is 6.42 Å². The lowest BCUT2D eigenvalue weighted by atomic mass is 9.94. The Morgan fingerprint density at radius 1 is 1.10 bits per heavy atom. The molecule has 1 atom stereocenters. The Morgan fingerprint density at radius 2 is 1.90 bits per heavy atom. The van der Waals surface area contributed by atoms with Gasteiger partial charge in [0.2, 0.25) is 5.91 Å². The van der Waals surface area contributed by atoms with Gasteiger partial charge in [-0.2, -0.15) is 0 Å². The van der Waals surface area contributed by atoms with Crippen LogP contribution in [0.1, 0.15) is 29.2 Å². The Labute approximate surface area is 126 Å². The van der Waals surface area contributed by atoms with E-state index >= 15 is 0 Å². The molecule has 1 unspecified atom stereocenters. The lowest BCUT2D eigenvalue weighted by molar-refractivity contribution is -0.116. The topological polar surface area (TPSA) is 55.1 Å². The third kappa shape index (κ3) is 2.62. The number of carbonyl (C=O) groups excluding carboxylic acids is 1. The lowest BCUT2D eigenvalue weighted by Crippen LogP contribution is -2.20. The summed E-state index contributed by atoms with van der Waals surface area (Å²) in [4.78, 5) is 11.4. The second-order valence-corrected chi connectivity index (χ2v) is 5.91. The van der Waals surface area contributed by atoms with E-state index in [9.17, 15) is 4.79 Å². The summed E-state index contributed by atoms with van der Waals surface area (Å²) in [6.45, 7) is 0. The van der Waals surface area contributed by atoms with Crippen molar-refractivity contribution < 1.29 is 4.79 Å². The Bertz CT molecular complexity index is 669. The van der Waals surface area contributed by atoms with Gasteiger partial charge in [-0.1, -0.05) is 40.2 Å². The molecule has 2 aromatic rings. The minimum absolute atomic E-state index is 0.0848. The average Bonchev–Trinajstić information content (AvgIpc) is 2.46. The van der Waals surface area contributed by atoms with E-state index in [2.05, 4.69) is 27.3 Å². The van der Waals surface area contributed by atoms with Gasteiger partial charge < -0.3 is 11.1 Å². The average molecular weight is 331 g/mol. The number of amides is 1. The Hall–Kier alpha value is -1.65. The van der Waals surface area contributed by atoms with Crippen molar-refractivity contribution in [3.63, 3.8) is 0 Å². The van der Waals surface area contributed by atoms with Crippen molar-refractivity contribution in [2.24, 2.45) is 5.73 Å². The number of benzene rings is 2. The van der Waals surface area contributed by atoms with Crippen LogP contribution in [0.15, 0.2) is 46.9 Å². The van der Waals surface area contributed by atoms with Crippen molar-refractivity contribution in [2.45, 2.75) is 18.9 Å². The summed E-state index contributed by atoms with van der Waals surface area (Å²) in [6, 6.07) is 13.9. The zero-order valence-electron chi connectivity index (χ0n) is 10.9. The highest BCUT2D eigenvalue weighted by Gasteiger charge is 2.17. The maximum Gasteiger partial charge on any atom is 0.224 e. The second kappa shape index (κ2) is 5.38. The molecule has 2 aromatic carbocycles. The third-order valence-electron chi connectivity index (χ3n) is 3.59. The lowest BCUT2D eigenvalue weighted by Gasteiger charge is -2.20. The quantitative estimate of drug-likeness (QED) is 0.886. The van der Waals surface area contributed by atoms with Crippen LogP contribution in [0.5, 0.6) is 0 Å². The fraction of sp³-hybridized carbons (Fsp3) is 0.188. The molecular weight excluding hydrogens is 316 g/mol. The number of hydrogen-bond acceptors (Lipinski definition) is 2. The van der Waals surface area contributed by atoms with Crippen LogP contribution in [0.25, 0.3) is 0 Å². The van der Waals surface area contributed by atoms with Crippen LogP contribution in [0.4, 0.5) is 5.69 Å². The van der Waals surface area contributed by atoms with Gasteiger partial charge in [0.05, 0.1) is 6.04 Å². The van der Waals surface area contributed by atoms with Crippen LogP contribution in [-0.4, -0.2) is 5.91 Å². The third-order valence-corrected chi connectivity index (χ3v) is 4.08. The van der Waals surface area contributed by atoms with Crippen molar-refractivity contribution in [3.8, 4) is 0 Å². The number of halogens is 1. The van der Waals surface area contributed by atoms with Crippen molar-refractivity contribution in [3.05, 3.63) is 63.6 Å². The van der Waals surface area contributed by atoms with Gasteiger partial charge in [0, 0.05) is 16.6 Å². The van der Waals surface area contributed by atoms with Crippen LogP contribution >= 0.6 is 15.9 Å². The highest BCUT2D eigenvalue weighted by Crippen LogP contribution is 2.28. The molecule has 3 rings (SSSR count). The predicted molar refractivity (Wildman–Crippen MR) is 83.6 cm³/mol. The van der Waals surface area contributed by atoms with Gasteiger partial charge in [-0.25, -0.2) is 0 Å². The summed E-state index contributed by atoms with van der Waals surface area (Å²) in [5.74, 6) is 0.0848. The van der Waals surface area contributed by atoms with Gasteiger partial charge in [0.25, 0.3) is 0 Å². The van der Waals surface area contributed by atoms with Crippen molar-refractivity contribution >= 4 is 27.5 Å². The predicted octanol–water partition coefficient (Wildman–Crippen LogP) is 3.38. The van der Waals surface area contributed by atoms with Crippen LogP contribution in [0.3, 0.4) is 0 Å². The molecule has 0 saturated heterocycles. The van der Waals surface area contributed by atoms with Crippen molar-refractivity contribution in [1.29, 1.82) is 0 Å². The number of nitrogens with one attached hydrogen (secondary N) is 1. The van der Waals surface area contributed by atoms with E-state index in [1.54, 1.807) is 0 Å². The van der Waals surface area contributed by atoms with Crippen LogP contribution in [0, 0.1) is 0 Å². The molecule has 0 aliphatic carbocycles. The van der Waals surface area contributed by atoms with Crippen molar-refractivity contribution in [1.82, 2.24) is 0 Å². The van der Waals surface area contributed by atoms with Gasteiger partial charge in [-0.05, 0) is 41.3 Å². The van der Waals surface area contributed by atoms with E-state index in [-0.39, 0.29) is 11.9 Å². The Balaban J connectivity index is 1.93. The fourth-order valence-electron chi connectivity index (χ4n) is 2.49. The second-order valence-electron chi connectivity index (χ2n) is 5.00. The number of rotatable bonds is 2. The summed E-state index contributed by atoms with van der Waals surface area (Å²) < 4.78 is 1.02. The number of hydrogen-bond donors (Lipinski definition) is 2. The monoisotopic (exact) mass is 330 g/mol. The van der Waals surface area contributed by atoms with Crippen molar-refractivity contribution in [2.75, 3.05) is 5.32 Å². The van der Waals surface area contributed by atoms with E-state index in [1.807, 2.05) is 36.4 Å². The number of aryl methyl sites for hydroxylation is 1. The first-order valence-electron chi connectivity index (χ1n) is 6.57. The van der Waals surface area contributed by atoms with E-state index in [4.69, 9.17) is 5.73 Å². The molecule has 0 fully saturated rings. The normalized spacial score (nSPS) is 15.4. The molecule has 0 bridgehead atoms. The smallest absolute Gasteiger partial charge is 0.224 e. The largest absolute Gasteiger partial charge is 0.326 e. The first-order valence-corrected chi connectivity index (χ1v) is 7.36. The van der Waals surface area contributed by atoms with E-state index < -0.39 is 0 Å². The number of carbonyl (C=O) groups is 1. The standard InChI is InChI=1S/C16H15BrN2O/c17-13-3-1-2-11(9-13)16(18)12-4-6-14-10(8-12)5-7-15(20)19-14/h1-4,6,8-9,16H,5,7,18H2,(H,19,20). The molecular formula is C16H15BrN2O. The molecule has 3 nitrogen and oxygen atoms in total. The van der Waals surface area contributed by atoms with Gasteiger partial charge in [-0.3, -0.25) is 4.79 Å². The Kier molecular flexibility index (Phi) is 3.59. The summed E-state index contributed by atoms with van der Waals surface area (Å²) in [5, 5.41) is 2.89. The number of nitrogens with two attached hydrogens (primary N) is 1. The molecule has 0 aromatic heterocycles. The summed E-state index contributed by atoms with van der Waals surface area (Å²) in [6.07, 6.45) is 1.32. The van der Waals surface area contributed by atoms with Gasteiger partial charge in [0.1, 0.15) is 0 Å². The van der Waals surface area contributed by atoms with Gasteiger partial charge in [0.15, 0.2) is 0 Å². The fourth-order valence-corrected chi connectivity index (χ4v) is 2.91. The summed E-state index contributed by atoms with van der Waals surface area (Å²) in [7, 11) is 0. The SMILES string of the molecule is NC(c1cccc(Br)c1)c1ccc2c(c1)CCC(=O)N2. The maximum atomic E-state index is 11.4. The molecule has 1 aliphatic heterocycles. The molecule has 4 heteroatoms. The van der Waals surface area contributed by atoms with Gasteiger partial charge in [-0.15, -0.1) is 0 Å².